The number of aryl methyl sites for hydroxylation is 1. The zero-order chi connectivity index (χ0) is 18.5. The molecule has 2 aliphatic rings. The van der Waals surface area contributed by atoms with Crippen molar-refractivity contribution in [1.82, 2.24) is 4.90 Å². The van der Waals surface area contributed by atoms with Crippen molar-refractivity contribution < 1.29 is 0 Å². The number of nitrogens with zero attached hydrogens (tertiary/aromatic N) is 1. The van der Waals surface area contributed by atoms with Gasteiger partial charge in [-0.3, -0.25) is 0 Å². The Morgan fingerprint density at radius 2 is 1.78 bits per heavy atom. The van der Waals surface area contributed by atoms with Gasteiger partial charge in [0.15, 0.2) is 0 Å². The first-order valence-corrected chi connectivity index (χ1v) is 10.6. The molecule has 4 rings (SSSR count). The zero-order valence-corrected chi connectivity index (χ0v) is 16.6. The lowest BCUT2D eigenvalue weighted by Gasteiger charge is -2.39. The summed E-state index contributed by atoms with van der Waals surface area (Å²) in [6.07, 6.45) is 10.9. The molecule has 1 aliphatic carbocycles. The summed E-state index contributed by atoms with van der Waals surface area (Å²) in [6, 6.07) is 17.7. The molecular formula is C25H32N2. The van der Waals surface area contributed by atoms with Crippen LogP contribution in [0.2, 0.25) is 0 Å². The second kappa shape index (κ2) is 8.31. The van der Waals surface area contributed by atoms with E-state index in [0.29, 0.717) is 5.41 Å². The SMILES string of the molecule is CCCc1ccccc1NCCCN1CCC2(C=Cc3ccccc32)CC1. The maximum atomic E-state index is 3.66. The predicted molar refractivity (Wildman–Crippen MR) is 116 cm³/mol. The third-order valence-electron chi connectivity index (χ3n) is 6.33. The maximum absolute atomic E-state index is 3.66. The number of fused-ring (bicyclic) bond motifs is 2. The maximum Gasteiger partial charge on any atom is 0.0372 e. The molecule has 1 saturated heterocycles. The summed E-state index contributed by atoms with van der Waals surface area (Å²) in [5, 5.41) is 3.66. The Morgan fingerprint density at radius 3 is 2.63 bits per heavy atom. The molecule has 0 unspecified atom stereocenters. The largest absolute Gasteiger partial charge is 0.385 e. The first-order valence-electron chi connectivity index (χ1n) is 10.6. The molecule has 1 heterocycles. The molecule has 0 saturated carbocycles. The minimum Gasteiger partial charge on any atom is -0.385 e. The number of anilines is 1. The minimum absolute atomic E-state index is 0.310. The third kappa shape index (κ3) is 3.96. The molecule has 2 nitrogen and oxygen atoms in total. The van der Waals surface area contributed by atoms with Crippen molar-refractivity contribution in [3.63, 3.8) is 0 Å². The minimum atomic E-state index is 0.310. The smallest absolute Gasteiger partial charge is 0.0372 e. The molecule has 0 bridgehead atoms. The summed E-state index contributed by atoms with van der Waals surface area (Å²) in [5.41, 5.74) is 6.07. The molecule has 1 fully saturated rings. The van der Waals surface area contributed by atoms with Gasteiger partial charge in [0.05, 0.1) is 0 Å². The predicted octanol–water partition coefficient (Wildman–Crippen LogP) is 5.50. The van der Waals surface area contributed by atoms with Crippen molar-refractivity contribution in [2.45, 2.75) is 44.4 Å². The van der Waals surface area contributed by atoms with Crippen molar-refractivity contribution in [2.24, 2.45) is 0 Å². The van der Waals surface area contributed by atoms with Gasteiger partial charge in [0.2, 0.25) is 0 Å². The van der Waals surface area contributed by atoms with Crippen LogP contribution in [0.15, 0.2) is 54.6 Å². The van der Waals surface area contributed by atoms with Crippen LogP contribution in [-0.4, -0.2) is 31.1 Å². The Kier molecular flexibility index (Phi) is 5.63. The molecule has 142 valence electrons. The molecule has 1 N–H and O–H groups in total. The fourth-order valence-corrected chi connectivity index (χ4v) is 4.75. The van der Waals surface area contributed by atoms with Gasteiger partial charge in [0.1, 0.15) is 0 Å². The second-order valence-electron chi connectivity index (χ2n) is 8.11. The molecule has 2 aromatic carbocycles. The molecule has 0 radical (unpaired) electrons. The number of hydrogen-bond donors (Lipinski definition) is 1. The Bertz CT molecular complexity index is 784. The van der Waals surface area contributed by atoms with Gasteiger partial charge in [-0.2, -0.15) is 0 Å². The summed E-state index contributed by atoms with van der Waals surface area (Å²) >= 11 is 0. The summed E-state index contributed by atoms with van der Waals surface area (Å²) in [4.78, 5) is 2.65. The highest BCUT2D eigenvalue weighted by Gasteiger charge is 2.37. The van der Waals surface area contributed by atoms with Gasteiger partial charge in [-0.15, -0.1) is 0 Å². The fraction of sp³-hybridized carbons (Fsp3) is 0.440. The number of allylic oxidation sites excluding steroid dienone is 1. The van der Waals surface area contributed by atoms with E-state index < -0.39 is 0 Å². The van der Waals surface area contributed by atoms with E-state index >= 15 is 0 Å². The van der Waals surface area contributed by atoms with Crippen LogP contribution < -0.4 is 5.32 Å². The van der Waals surface area contributed by atoms with Crippen molar-refractivity contribution >= 4 is 11.8 Å². The first kappa shape index (κ1) is 18.3. The molecular weight excluding hydrogens is 328 g/mol. The van der Waals surface area contributed by atoms with Crippen molar-refractivity contribution in [1.29, 1.82) is 0 Å². The van der Waals surface area contributed by atoms with Crippen LogP contribution in [0.4, 0.5) is 5.69 Å². The van der Waals surface area contributed by atoms with Crippen LogP contribution in [-0.2, 0) is 11.8 Å². The van der Waals surface area contributed by atoms with E-state index in [4.69, 9.17) is 0 Å². The van der Waals surface area contributed by atoms with Crippen LogP contribution in [0.25, 0.3) is 6.08 Å². The third-order valence-corrected chi connectivity index (χ3v) is 6.33. The summed E-state index contributed by atoms with van der Waals surface area (Å²) in [7, 11) is 0. The molecule has 0 aromatic heterocycles. The lowest BCUT2D eigenvalue weighted by atomic mass is 9.74. The van der Waals surface area contributed by atoms with E-state index in [9.17, 15) is 0 Å². The number of nitrogens with one attached hydrogen (secondary N) is 1. The fourth-order valence-electron chi connectivity index (χ4n) is 4.75. The molecule has 1 aliphatic heterocycles. The topological polar surface area (TPSA) is 15.3 Å². The molecule has 1 spiro atoms. The van der Waals surface area contributed by atoms with E-state index in [2.05, 4.69) is 77.8 Å². The summed E-state index contributed by atoms with van der Waals surface area (Å²) in [5.74, 6) is 0. The van der Waals surface area contributed by atoms with Crippen LogP contribution in [0, 0.1) is 0 Å². The number of benzene rings is 2. The van der Waals surface area contributed by atoms with Gasteiger partial charge >= 0.3 is 0 Å². The molecule has 2 aromatic rings. The Balaban J connectivity index is 1.24. The van der Waals surface area contributed by atoms with Gasteiger partial charge in [-0.05, 0) is 68.1 Å². The molecule has 2 heteroatoms. The Morgan fingerprint density at radius 1 is 1.00 bits per heavy atom. The molecule has 0 atom stereocenters. The van der Waals surface area contributed by atoms with Gasteiger partial charge in [0.25, 0.3) is 0 Å². The van der Waals surface area contributed by atoms with Crippen molar-refractivity contribution in [2.75, 3.05) is 31.5 Å². The van der Waals surface area contributed by atoms with Crippen LogP contribution in [0.1, 0.15) is 49.3 Å². The number of likely N-dealkylation sites (tertiary alicyclic amines) is 1. The normalized spacial score (nSPS) is 18.0. The second-order valence-corrected chi connectivity index (χ2v) is 8.11. The van der Waals surface area contributed by atoms with E-state index in [1.165, 1.54) is 62.1 Å². The quantitative estimate of drug-likeness (QED) is 0.656. The average Bonchev–Trinajstić information content (AvgIpc) is 3.07. The number of piperidine rings is 1. The lowest BCUT2D eigenvalue weighted by Crippen LogP contribution is -2.41. The summed E-state index contributed by atoms with van der Waals surface area (Å²) < 4.78 is 0. The van der Waals surface area contributed by atoms with Gasteiger partial charge in [-0.25, -0.2) is 0 Å². The van der Waals surface area contributed by atoms with Gasteiger partial charge < -0.3 is 10.2 Å². The summed E-state index contributed by atoms with van der Waals surface area (Å²) in [6.45, 7) is 6.93. The highest BCUT2D eigenvalue weighted by atomic mass is 15.1. The Hall–Kier alpha value is -2.06. The standard InChI is InChI=1S/C25H32N2/c1-2-8-22-10-4-6-12-24(22)26-17-7-18-27-19-15-25(16-20-27)14-13-21-9-3-5-11-23(21)25/h3-6,9-14,26H,2,7-8,15-20H2,1H3. The lowest BCUT2D eigenvalue weighted by molar-refractivity contribution is 0.184. The van der Waals surface area contributed by atoms with Gasteiger partial charge in [0, 0.05) is 17.6 Å². The van der Waals surface area contributed by atoms with Crippen molar-refractivity contribution in [3.8, 4) is 0 Å². The number of para-hydroxylation sites is 1. The van der Waals surface area contributed by atoms with E-state index in [-0.39, 0.29) is 0 Å². The molecule has 0 amide bonds. The zero-order valence-electron chi connectivity index (χ0n) is 16.6. The van der Waals surface area contributed by atoms with Gasteiger partial charge in [-0.1, -0.05) is 68.0 Å². The highest BCUT2D eigenvalue weighted by molar-refractivity contribution is 5.65. The first-order chi connectivity index (χ1) is 13.3. The number of hydrogen-bond acceptors (Lipinski definition) is 2. The van der Waals surface area contributed by atoms with Crippen molar-refractivity contribution in [3.05, 3.63) is 71.3 Å². The van der Waals surface area contributed by atoms with E-state index in [1.807, 2.05) is 0 Å². The van der Waals surface area contributed by atoms with Crippen LogP contribution in [0.3, 0.4) is 0 Å². The van der Waals surface area contributed by atoms with Crippen LogP contribution >= 0.6 is 0 Å². The van der Waals surface area contributed by atoms with E-state index in [1.54, 1.807) is 5.56 Å². The Labute approximate surface area is 164 Å². The molecule has 27 heavy (non-hydrogen) atoms. The average molecular weight is 361 g/mol. The number of rotatable bonds is 7. The van der Waals surface area contributed by atoms with Crippen LogP contribution in [0.5, 0.6) is 0 Å². The highest BCUT2D eigenvalue weighted by Crippen LogP contribution is 2.43. The monoisotopic (exact) mass is 360 g/mol. The van der Waals surface area contributed by atoms with E-state index in [0.717, 1.165) is 13.0 Å².